The number of hydrogen-bond donors (Lipinski definition) is 0. The highest BCUT2D eigenvalue weighted by Gasteiger charge is 1.95. The lowest BCUT2D eigenvalue weighted by molar-refractivity contribution is 1.22. The van der Waals surface area contributed by atoms with Crippen LogP contribution >= 0.6 is 34.8 Å². The average molecular weight is 276 g/mol. The van der Waals surface area contributed by atoms with Crippen LogP contribution in [0.2, 0.25) is 0 Å². The summed E-state index contributed by atoms with van der Waals surface area (Å²) in [6.45, 7) is 2.00. The van der Waals surface area contributed by atoms with Crippen LogP contribution in [0.4, 0.5) is 5.82 Å². The SMILES string of the molecule is Cc1cnc(N=C=S)cc1I. The first-order chi connectivity index (χ1) is 5.24. The second-order valence-corrected chi connectivity index (χ2v) is 3.34. The molecule has 0 bridgehead atoms. The molecule has 56 valence electrons. The highest BCUT2D eigenvalue weighted by atomic mass is 127. The van der Waals surface area contributed by atoms with E-state index in [2.05, 4.69) is 49.9 Å². The quantitative estimate of drug-likeness (QED) is 0.447. The number of aryl methyl sites for hydroxylation is 1. The second kappa shape index (κ2) is 3.90. The first-order valence-electron chi connectivity index (χ1n) is 2.94. The number of halogens is 1. The van der Waals surface area contributed by atoms with Gasteiger partial charge in [0.15, 0.2) is 5.82 Å². The molecule has 1 heterocycles. The molecule has 0 aliphatic heterocycles. The van der Waals surface area contributed by atoms with Crippen molar-refractivity contribution in [3.63, 3.8) is 0 Å². The Hall–Kier alpha value is -0.320. The summed E-state index contributed by atoms with van der Waals surface area (Å²) in [5, 5.41) is 2.27. The van der Waals surface area contributed by atoms with Gasteiger partial charge >= 0.3 is 0 Å². The maximum Gasteiger partial charge on any atom is 0.163 e. The Morgan fingerprint density at radius 3 is 3.00 bits per heavy atom. The number of nitrogens with zero attached hydrogens (tertiary/aromatic N) is 2. The molecule has 0 N–H and O–H groups in total. The summed E-state index contributed by atoms with van der Waals surface area (Å²) >= 11 is 6.68. The number of pyridine rings is 1. The molecule has 1 aromatic heterocycles. The first kappa shape index (κ1) is 8.77. The molecule has 0 atom stereocenters. The van der Waals surface area contributed by atoms with Gasteiger partial charge in [0.25, 0.3) is 0 Å². The standard InChI is InChI=1S/C7H5IN2S/c1-5-3-9-7(10-4-11)2-6(5)8/h2-3H,1H3. The Kier molecular flexibility index (Phi) is 3.11. The fourth-order valence-corrected chi connectivity index (χ4v) is 1.11. The summed E-state index contributed by atoms with van der Waals surface area (Å²) in [7, 11) is 0. The summed E-state index contributed by atoms with van der Waals surface area (Å²) in [6.07, 6.45) is 1.77. The molecular weight excluding hydrogens is 271 g/mol. The minimum Gasteiger partial charge on any atom is -0.236 e. The van der Waals surface area contributed by atoms with E-state index in [0.717, 1.165) is 9.13 Å². The van der Waals surface area contributed by atoms with Crippen molar-refractivity contribution in [3.05, 3.63) is 21.4 Å². The van der Waals surface area contributed by atoms with Crippen molar-refractivity contribution in [1.29, 1.82) is 0 Å². The van der Waals surface area contributed by atoms with Crippen LogP contribution in [-0.4, -0.2) is 10.1 Å². The van der Waals surface area contributed by atoms with Crippen LogP contribution in [-0.2, 0) is 0 Å². The van der Waals surface area contributed by atoms with Crippen LogP contribution in [0.5, 0.6) is 0 Å². The summed E-state index contributed by atoms with van der Waals surface area (Å²) in [4.78, 5) is 7.79. The molecule has 0 fully saturated rings. The van der Waals surface area contributed by atoms with E-state index in [9.17, 15) is 0 Å². The van der Waals surface area contributed by atoms with Gasteiger partial charge < -0.3 is 0 Å². The Morgan fingerprint density at radius 1 is 1.73 bits per heavy atom. The van der Waals surface area contributed by atoms with Crippen molar-refractivity contribution in [2.45, 2.75) is 6.92 Å². The summed E-state index contributed by atoms with van der Waals surface area (Å²) < 4.78 is 1.14. The van der Waals surface area contributed by atoms with E-state index in [1.54, 1.807) is 6.20 Å². The van der Waals surface area contributed by atoms with E-state index in [1.165, 1.54) is 0 Å². The molecule has 4 heteroatoms. The third kappa shape index (κ3) is 2.32. The maximum absolute atomic E-state index is 4.45. The maximum atomic E-state index is 4.45. The fraction of sp³-hybridized carbons (Fsp3) is 0.143. The smallest absolute Gasteiger partial charge is 0.163 e. The molecule has 0 saturated carbocycles. The Balaban J connectivity index is 3.14. The molecule has 0 aliphatic rings. The molecule has 1 rings (SSSR count). The van der Waals surface area contributed by atoms with Gasteiger partial charge in [-0.05, 0) is 53.4 Å². The van der Waals surface area contributed by atoms with Crippen molar-refractivity contribution in [1.82, 2.24) is 4.98 Å². The van der Waals surface area contributed by atoms with Gasteiger partial charge in [-0.2, -0.15) is 4.99 Å². The monoisotopic (exact) mass is 276 g/mol. The van der Waals surface area contributed by atoms with Gasteiger partial charge in [-0.15, -0.1) is 0 Å². The minimum absolute atomic E-state index is 0.620. The van der Waals surface area contributed by atoms with E-state index >= 15 is 0 Å². The lowest BCUT2D eigenvalue weighted by Gasteiger charge is -1.95. The highest BCUT2D eigenvalue weighted by molar-refractivity contribution is 14.1. The molecule has 0 spiro atoms. The normalized spacial score (nSPS) is 8.91. The van der Waals surface area contributed by atoms with E-state index in [1.807, 2.05) is 13.0 Å². The van der Waals surface area contributed by atoms with Gasteiger partial charge in [-0.25, -0.2) is 4.98 Å². The molecule has 2 nitrogen and oxygen atoms in total. The van der Waals surface area contributed by atoms with Crippen molar-refractivity contribution in [2.75, 3.05) is 0 Å². The second-order valence-electron chi connectivity index (χ2n) is 1.99. The number of rotatable bonds is 1. The van der Waals surface area contributed by atoms with Gasteiger partial charge in [0.1, 0.15) is 0 Å². The zero-order chi connectivity index (χ0) is 8.27. The summed E-state index contributed by atoms with van der Waals surface area (Å²) in [6, 6.07) is 1.87. The van der Waals surface area contributed by atoms with Crippen LogP contribution in [0.1, 0.15) is 5.56 Å². The number of aliphatic imine (C=N–C) groups is 1. The van der Waals surface area contributed by atoms with Gasteiger partial charge in [0.05, 0.1) is 5.16 Å². The number of aromatic nitrogens is 1. The van der Waals surface area contributed by atoms with Crippen molar-refractivity contribution >= 4 is 45.8 Å². The predicted molar refractivity (Wildman–Crippen MR) is 56.4 cm³/mol. The van der Waals surface area contributed by atoms with E-state index in [-0.39, 0.29) is 0 Å². The zero-order valence-corrected chi connectivity index (χ0v) is 8.81. The zero-order valence-electron chi connectivity index (χ0n) is 5.84. The Labute approximate surface area is 83.9 Å². The first-order valence-corrected chi connectivity index (χ1v) is 4.43. The Bertz CT molecular complexity index is 318. The molecule has 0 saturated heterocycles. The minimum atomic E-state index is 0.620. The highest BCUT2D eigenvalue weighted by Crippen LogP contribution is 2.15. The molecule has 11 heavy (non-hydrogen) atoms. The Morgan fingerprint density at radius 2 is 2.45 bits per heavy atom. The van der Waals surface area contributed by atoms with E-state index < -0.39 is 0 Å². The predicted octanol–water partition coefficient (Wildman–Crippen LogP) is 2.73. The molecule has 0 aromatic carbocycles. The molecular formula is C7H5IN2S. The lowest BCUT2D eigenvalue weighted by atomic mass is 10.3. The fourth-order valence-electron chi connectivity index (χ4n) is 0.597. The molecule has 1 aromatic rings. The molecule has 0 unspecified atom stereocenters. The van der Waals surface area contributed by atoms with Crippen molar-refractivity contribution in [3.8, 4) is 0 Å². The lowest BCUT2D eigenvalue weighted by Crippen LogP contribution is -1.81. The van der Waals surface area contributed by atoms with Gasteiger partial charge in [-0.3, -0.25) is 0 Å². The summed E-state index contributed by atoms with van der Waals surface area (Å²) in [5.74, 6) is 0.620. The number of thiocarbonyl (C=S) groups is 1. The summed E-state index contributed by atoms with van der Waals surface area (Å²) in [5.41, 5.74) is 1.15. The largest absolute Gasteiger partial charge is 0.236 e. The molecule has 0 radical (unpaired) electrons. The average Bonchev–Trinajstić information content (AvgIpc) is 1.98. The van der Waals surface area contributed by atoms with Gasteiger partial charge in [0, 0.05) is 9.77 Å². The van der Waals surface area contributed by atoms with Crippen LogP contribution < -0.4 is 0 Å². The third-order valence-corrected chi connectivity index (χ3v) is 2.44. The molecule has 0 aliphatic carbocycles. The molecule has 0 amide bonds. The van der Waals surface area contributed by atoms with Crippen LogP contribution in [0, 0.1) is 10.5 Å². The van der Waals surface area contributed by atoms with Crippen LogP contribution in [0.15, 0.2) is 17.3 Å². The van der Waals surface area contributed by atoms with E-state index in [0.29, 0.717) is 5.82 Å². The van der Waals surface area contributed by atoms with Crippen LogP contribution in [0.25, 0.3) is 0 Å². The number of hydrogen-bond acceptors (Lipinski definition) is 3. The third-order valence-electron chi connectivity index (χ3n) is 1.18. The van der Waals surface area contributed by atoms with Gasteiger partial charge in [-0.1, -0.05) is 0 Å². The number of isothiocyanates is 1. The van der Waals surface area contributed by atoms with Gasteiger partial charge in [0.2, 0.25) is 0 Å². The van der Waals surface area contributed by atoms with Crippen molar-refractivity contribution < 1.29 is 0 Å². The van der Waals surface area contributed by atoms with E-state index in [4.69, 9.17) is 0 Å². The van der Waals surface area contributed by atoms with Crippen LogP contribution in [0.3, 0.4) is 0 Å². The van der Waals surface area contributed by atoms with Crippen molar-refractivity contribution in [2.24, 2.45) is 4.99 Å². The topological polar surface area (TPSA) is 25.2 Å².